The molecule has 1 atom stereocenters. The van der Waals surface area contributed by atoms with Crippen LogP contribution in [0, 0.1) is 5.92 Å². The second-order valence-corrected chi connectivity index (χ2v) is 5.44. The minimum Gasteiger partial charge on any atom is -0.444 e. The van der Waals surface area contributed by atoms with Gasteiger partial charge in [-0.2, -0.15) is 0 Å². The fourth-order valence-corrected chi connectivity index (χ4v) is 1.39. The Morgan fingerprint density at radius 3 is 2.67 bits per heavy atom. The van der Waals surface area contributed by atoms with Crippen LogP contribution in [0.5, 0.6) is 0 Å². The summed E-state index contributed by atoms with van der Waals surface area (Å²) in [6, 6.07) is 0. The number of ether oxygens (including phenoxy) is 1. The number of rotatable bonds is 7. The van der Waals surface area contributed by atoms with E-state index in [-0.39, 0.29) is 6.09 Å². The maximum atomic E-state index is 11.3. The molecule has 0 rings (SSSR count). The molecular weight excluding hydrogens is 232 g/mol. The highest BCUT2D eigenvalue weighted by Gasteiger charge is 2.15. The number of amides is 1. The molecule has 18 heavy (non-hydrogen) atoms. The lowest BCUT2D eigenvalue weighted by Crippen LogP contribution is -2.33. The van der Waals surface area contributed by atoms with Crippen LogP contribution in [0.25, 0.3) is 10.4 Å². The first-order valence-electron chi connectivity index (χ1n) is 6.33. The molecule has 0 radical (unpaired) electrons. The van der Waals surface area contributed by atoms with Crippen molar-refractivity contribution in [3.8, 4) is 0 Å². The molecule has 6 nitrogen and oxygen atoms in total. The van der Waals surface area contributed by atoms with E-state index in [0.29, 0.717) is 19.0 Å². The fourth-order valence-electron chi connectivity index (χ4n) is 1.39. The van der Waals surface area contributed by atoms with Crippen LogP contribution < -0.4 is 5.32 Å². The summed E-state index contributed by atoms with van der Waals surface area (Å²) in [5, 5.41) is 6.24. The van der Waals surface area contributed by atoms with Crippen LogP contribution >= 0.6 is 0 Å². The van der Waals surface area contributed by atoms with Gasteiger partial charge in [-0.25, -0.2) is 4.79 Å². The van der Waals surface area contributed by atoms with E-state index < -0.39 is 5.60 Å². The number of alkyl carbamates (subject to hydrolysis) is 1. The SMILES string of the molecule is CC(CCCCNC(=O)OC(C)(C)C)CN=[N+]=[N-]. The van der Waals surface area contributed by atoms with Gasteiger partial charge < -0.3 is 10.1 Å². The summed E-state index contributed by atoms with van der Waals surface area (Å²) in [6.45, 7) is 8.72. The fraction of sp³-hybridized carbons (Fsp3) is 0.917. The van der Waals surface area contributed by atoms with Crippen molar-refractivity contribution in [2.45, 2.75) is 52.6 Å². The smallest absolute Gasteiger partial charge is 0.407 e. The summed E-state index contributed by atoms with van der Waals surface area (Å²) >= 11 is 0. The molecular formula is C12H24N4O2. The number of carbonyl (C=O) groups is 1. The lowest BCUT2D eigenvalue weighted by atomic mass is 10.0. The molecule has 0 aromatic rings. The number of azide groups is 1. The zero-order valence-corrected chi connectivity index (χ0v) is 11.8. The van der Waals surface area contributed by atoms with Crippen molar-refractivity contribution in [1.82, 2.24) is 5.32 Å². The lowest BCUT2D eigenvalue weighted by Gasteiger charge is -2.19. The van der Waals surface area contributed by atoms with Gasteiger partial charge in [0.2, 0.25) is 0 Å². The number of hydrogen-bond donors (Lipinski definition) is 1. The Morgan fingerprint density at radius 2 is 2.11 bits per heavy atom. The molecule has 0 saturated carbocycles. The van der Waals surface area contributed by atoms with Gasteiger partial charge in [0, 0.05) is 18.0 Å². The molecule has 6 heteroatoms. The first-order valence-corrected chi connectivity index (χ1v) is 6.33. The number of unbranched alkanes of at least 4 members (excludes halogenated alkanes) is 1. The van der Waals surface area contributed by atoms with Gasteiger partial charge in [-0.15, -0.1) is 0 Å². The van der Waals surface area contributed by atoms with Crippen LogP contribution in [0.15, 0.2) is 5.11 Å². The van der Waals surface area contributed by atoms with Crippen molar-refractivity contribution in [3.05, 3.63) is 10.4 Å². The van der Waals surface area contributed by atoms with Crippen molar-refractivity contribution < 1.29 is 9.53 Å². The van der Waals surface area contributed by atoms with Gasteiger partial charge in [-0.1, -0.05) is 24.9 Å². The predicted octanol–water partition coefficient (Wildman–Crippen LogP) is 3.63. The standard InChI is InChI=1S/C12H24N4O2/c1-10(9-15-16-13)7-5-6-8-14-11(17)18-12(2,3)4/h10H,5-9H2,1-4H3,(H,14,17). The van der Waals surface area contributed by atoms with E-state index in [2.05, 4.69) is 22.3 Å². The van der Waals surface area contributed by atoms with Crippen molar-refractivity contribution in [2.24, 2.45) is 11.0 Å². The summed E-state index contributed by atoms with van der Waals surface area (Å²) in [5.74, 6) is 0.391. The van der Waals surface area contributed by atoms with Crippen LogP contribution in [-0.2, 0) is 4.74 Å². The summed E-state index contributed by atoms with van der Waals surface area (Å²) < 4.78 is 5.11. The lowest BCUT2D eigenvalue weighted by molar-refractivity contribution is 0.0527. The molecule has 104 valence electrons. The Balaban J connectivity index is 3.51. The Morgan fingerprint density at radius 1 is 1.44 bits per heavy atom. The molecule has 0 aliphatic carbocycles. The molecule has 0 aromatic heterocycles. The first kappa shape index (κ1) is 16.6. The molecule has 1 amide bonds. The van der Waals surface area contributed by atoms with Gasteiger partial charge in [-0.3, -0.25) is 0 Å². The normalized spacial score (nSPS) is 12.4. The Labute approximate surface area is 109 Å². The molecule has 0 heterocycles. The third kappa shape index (κ3) is 11.1. The second-order valence-electron chi connectivity index (χ2n) is 5.44. The Kier molecular flexibility index (Phi) is 7.96. The minimum atomic E-state index is -0.450. The first-order chi connectivity index (χ1) is 8.35. The molecule has 0 bridgehead atoms. The van der Waals surface area contributed by atoms with Crippen molar-refractivity contribution in [3.63, 3.8) is 0 Å². The van der Waals surface area contributed by atoms with E-state index in [4.69, 9.17) is 10.3 Å². The van der Waals surface area contributed by atoms with E-state index in [1.165, 1.54) is 0 Å². The molecule has 1 N–H and O–H groups in total. The van der Waals surface area contributed by atoms with Gasteiger partial charge in [0.25, 0.3) is 0 Å². The largest absolute Gasteiger partial charge is 0.444 e. The van der Waals surface area contributed by atoms with Crippen molar-refractivity contribution >= 4 is 6.09 Å². The number of nitrogens with zero attached hydrogens (tertiary/aromatic N) is 3. The topological polar surface area (TPSA) is 87.1 Å². The van der Waals surface area contributed by atoms with Gasteiger partial charge in [0.05, 0.1) is 0 Å². The van der Waals surface area contributed by atoms with E-state index in [1.54, 1.807) is 0 Å². The average Bonchev–Trinajstić information content (AvgIpc) is 2.23. The summed E-state index contributed by atoms with van der Waals surface area (Å²) in [5.41, 5.74) is 7.73. The van der Waals surface area contributed by atoms with Gasteiger partial charge in [-0.05, 0) is 38.6 Å². The molecule has 0 aromatic carbocycles. The van der Waals surface area contributed by atoms with E-state index in [9.17, 15) is 4.79 Å². The Hall–Kier alpha value is -1.42. The van der Waals surface area contributed by atoms with Crippen LogP contribution in [0.4, 0.5) is 4.79 Å². The molecule has 1 unspecified atom stereocenters. The predicted molar refractivity (Wildman–Crippen MR) is 71.3 cm³/mol. The third-order valence-corrected chi connectivity index (χ3v) is 2.25. The summed E-state index contributed by atoms with van der Waals surface area (Å²) in [7, 11) is 0. The summed E-state index contributed by atoms with van der Waals surface area (Å²) in [6.07, 6.45) is 2.52. The molecule has 0 fully saturated rings. The monoisotopic (exact) mass is 256 g/mol. The van der Waals surface area contributed by atoms with Gasteiger partial charge in [0.15, 0.2) is 0 Å². The highest BCUT2D eigenvalue weighted by Crippen LogP contribution is 2.08. The van der Waals surface area contributed by atoms with Crippen LogP contribution in [0.2, 0.25) is 0 Å². The van der Waals surface area contributed by atoms with Crippen LogP contribution in [0.1, 0.15) is 47.0 Å². The van der Waals surface area contributed by atoms with Crippen molar-refractivity contribution in [2.75, 3.05) is 13.1 Å². The molecule has 0 saturated heterocycles. The quantitative estimate of drug-likeness (QED) is 0.326. The third-order valence-electron chi connectivity index (χ3n) is 2.25. The van der Waals surface area contributed by atoms with Crippen LogP contribution in [-0.4, -0.2) is 24.8 Å². The van der Waals surface area contributed by atoms with E-state index in [0.717, 1.165) is 19.3 Å². The maximum Gasteiger partial charge on any atom is 0.407 e. The zero-order chi connectivity index (χ0) is 14.0. The zero-order valence-electron chi connectivity index (χ0n) is 11.8. The van der Waals surface area contributed by atoms with Gasteiger partial charge >= 0.3 is 6.09 Å². The Bertz CT molecular complexity index is 293. The van der Waals surface area contributed by atoms with Gasteiger partial charge in [0.1, 0.15) is 5.60 Å². The van der Waals surface area contributed by atoms with E-state index >= 15 is 0 Å². The molecule has 0 spiro atoms. The molecule has 0 aliphatic heterocycles. The van der Waals surface area contributed by atoms with Crippen LogP contribution in [0.3, 0.4) is 0 Å². The van der Waals surface area contributed by atoms with E-state index in [1.807, 2.05) is 20.8 Å². The highest BCUT2D eigenvalue weighted by atomic mass is 16.6. The second kappa shape index (κ2) is 8.64. The van der Waals surface area contributed by atoms with Crippen molar-refractivity contribution in [1.29, 1.82) is 0 Å². The maximum absolute atomic E-state index is 11.3. The number of carbonyl (C=O) groups excluding carboxylic acids is 1. The minimum absolute atomic E-state index is 0.371. The number of hydrogen-bond acceptors (Lipinski definition) is 3. The summed E-state index contributed by atoms with van der Waals surface area (Å²) in [4.78, 5) is 14.0. The highest BCUT2D eigenvalue weighted by molar-refractivity contribution is 5.67. The average molecular weight is 256 g/mol. The molecule has 0 aliphatic rings. The number of nitrogens with one attached hydrogen (secondary N) is 1.